The Kier molecular flexibility index (Phi) is 9.73. The zero-order valence-corrected chi connectivity index (χ0v) is 24.5. The van der Waals surface area contributed by atoms with Gasteiger partial charge in [-0.15, -0.1) is 0 Å². The van der Waals surface area contributed by atoms with E-state index in [2.05, 4.69) is 24.3 Å². The van der Waals surface area contributed by atoms with Crippen LogP contribution in [0.15, 0.2) is 60.8 Å². The molecule has 0 spiro atoms. The molecule has 2 aromatic carbocycles. The Morgan fingerprint density at radius 2 is 1.77 bits per heavy atom. The van der Waals surface area contributed by atoms with Gasteiger partial charge in [0.1, 0.15) is 11.6 Å². The van der Waals surface area contributed by atoms with E-state index in [1.54, 1.807) is 6.07 Å². The molecular weight excluding hydrogens is 663 g/mol. The van der Waals surface area contributed by atoms with E-state index < -0.39 is 63.9 Å². The van der Waals surface area contributed by atoms with Crippen molar-refractivity contribution >= 4 is 23.4 Å². The van der Waals surface area contributed by atoms with Crippen LogP contribution >= 0.6 is 0 Å². The molecule has 10 nitrogen and oxygen atoms in total. The van der Waals surface area contributed by atoms with Gasteiger partial charge in [0.05, 0.1) is 70.6 Å². The van der Waals surface area contributed by atoms with Crippen LogP contribution in [0.4, 0.5) is 30.7 Å². The molecule has 4 aromatic rings. The van der Waals surface area contributed by atoms with Crippen LogP contribution < -0.4 is 0 Å². The lowest BCUT2D eigenvalue weighted by molar-refractivity contribution is -0.150. The first-order valence-electron chi connectivity index (χ1n) is 13.5. The molecule has 0 saturated heterocycles. The predicted octanol–water partition coefficient (Wildman–Crippen LogP) is 5.98. The van der Waals surface area contributed by atoms with Gasteiger partial charge in [-0.1, -0.05) is 18.2 Å². The Morgan fingerprint density at radius 3 is 2.43 bits per heavy atom. The minimum absolute atomic E-state index is 0.00225. The van der Waals surface area contributed by atoms with Crippen molar-refractivity contribution in [3.8, 4) is 22.6 Å². The molecule has 2 atom stereocenters. The molecule has 248 valence electrons. The second-order valence-electron chi connectivity index (χ2n) is 9.97. The van der Waals surface area contributed by atoms with Gasteiger partial charge in [0, 0.05) is 18.2 Å². The largest absolute Gasteiger partial charge is 0.750 e. The van der Waals surface area contributed by atoms with Gasteiger partial charge in [0.15, 0.2) is 6.04 Å². The first-order valence-corrected chi connectivity index (χ1v) is 14.5. The number of fused-ring (bicyclic) bond motifs is 1. The summed E-state index contributed by atoms with van der Waals surface area (Å²) in [5.41, 5.74) is -3.15. The Hall–Kier alpha value is -4.68. The summed E-state index contributed by atoms with van der Waals surface area (Å²) in [6.45, 7) is -0.577. The molecule has 1 aliphatic rings. The van der Waals surface area contributed by atoms with Crippen molar-refractivity contribution in [2.24, 2.45) is 0 Å². The SMILES string of the molecule is O=C(OCCCOS(=O)[O-])C(c1ccc(-c2ccc(C(F)(F)F)cc2C(F)(F)F)nn1)N1C=Cc2nc(-c3ccccc3F)[nH]c2C1. The van der Waals surface area contributed by atoms with Crippen molar-refractivity contribution in [2.75, 3.05) is 13.2 Å². The van der Waals surface area contributed by atoms with Gasteiger partial charge in [0.25, 0.3) is 0 Å². The van der Waals surface area contributed by atoms with E-state index >= 15 is 0 Å². The van der Waals surface area contributed by atoms with Crippen molar-refractivity contribution in [2.45, 2.75) is 31.4 Å². The van der Waals surface area contributed by atoms with E-state index in [4.69, 9.17) is 4.74 Å². The number of halogens is 7. The number of hydrogen-bond donors (Lipinski definition) is 1. The number of carbonyl (C=O) groups is 1. The van der Waals surface area contributed by atoms with E-state index in [0.29, 0.717) is 23.5 Å². The number of hydrogen-bond acceptors (Lipinski definition) is 9. The van der Waals surface area contributed by atoms with E-state index in [-0.39, 0.29) is 49.3 Å². The molecule has 47 heavy (non-hydrogen) atoms. The maximum absolute atomic E-state index is 14.4. The third-order valence-electron chi connectivity index (χ3n) is 6.87. The highest BCUT2D eigenvalue weighted by Gasteiger charge is 2.39. The molecule has 2 unspecified atom stereocenters. The Labute approximate surface area is 263 Å². The standard InChI is InChI=1S/C29H22F7N5O5S/c30-20-5-2-1-4-18(20)26-37-22-10-11-41(15-24(22)38-26)25(27(42)45-12-3-13-46-47(43)44)23-9-8-21(39-40-23)17-7-6-16(28(31,32)33)14-19(17)29(34,35)36/h1-2,4-11,14,25H,3,12-13,15H2,(H,37,38)(H,43,44)/p-1. The van der Waals surface area contributed by atoms with Crippen LogP contribution in [0.1, 0.15) is 40.7 Å². The summed E-state index contributed by atoms with van der Waals surface area (Å²) in [6.07, 6.45) is -7.19. The summed E-state index contributed by atoms with van der Waals surface area (Å²) in [4.78, 5) is 22.2. The average molecular weight is 685 g/mol. The van der Waals surface area contributed by atoms with Crippen molar-refractivity contribution in [3.05, 3.63) is 94.8 Å². The normalized spacial score (nSPS) is 14.5. The van der Waals surface area contributed by atoms with Gasteiger partial charge >= 0.3 is 18.3 Å². The second-order valence-corrected chi connectivity index (χ2v) is 10.6. The van der Waals surface area contributed by atoms with Gasteiger partial charge in [-0.3, -0.25) is 0 Å². The zero-order chi connectivity index (χ0) is 33.9. The third-order valence-corrected chi connectivity index (χ3v) is 7.22. The predicted molar refractivity (Wildman–Crippen MR) is 149 cm³/mol. The molecule has 0 bridgehead atoms. The van der Waals surface area contributed by atoms with Crippen LogP contribution in [0.3, 0.4) is 0 Å². The van der Waals surface area contributed by atoms with Crippen molar-refractivity contribution in [3.63, 3.8) is 0 Å². The molecule has 3 heterocycles. The zero-order valence-electron chi connectivity index (χ0n) is 23.6. The van der Waals surface area contributed by atoms with Crippen LogP contribution in [-0.4, -0.2) is 53.0 Å². The van der Waals surface area contributed by atoms with Gasteiger partial charge in [-0.05, 0) is 42.5 Å². The Balaban J connectivity index is 1.45. The number of H-pyrrole nitrogens is 1. The maximum Gasteiger partial charge on any atom is 0.417 e. The molecular formula is C29H21F7N5O5S-. The first-order chi connectivity index (χ1) is 22.2. The lowest BCUT2D eigenvalue weighted by atomic mass is 10.00. The van der Waals surface area contributed by atoms with Crippen LogP contribution in [0.5, 0.6) is 0 Å². The highest BCUT2D eigenvalue weighted by molar-refractivity contribution is 7.74. The summed E-state index contributed by atoms with van der Waals surface area (Å²) in [5, 5.41) is 7.74. The molecule has 0 fully saturated rings. The van der Waals surface area contributed by atoms with E-state index in [1.807, 2.05) is 0 Å². The maximum atomic E-state index is 14.4. The van der Waals surface area contributed by atoms with Gasteiger partial charge < -0.3 is 23.4 Å². The molecule has 0 saturated carbocycles. The lowest BCUT2D eigenvalue weighted by Crippen LogP contribution is -2.33. The number of aromatic nitrogens is 4. The van der Waals surface area contributed by atoms with Crippen molar-refractivity contribution in [1.29, 1.82) is 0 Å². The number of imidazole rings is 1. The molecule has 0 aliphatic carbocycles. The van der Waals surface area contributed by atoms with Crippen LogP contribution in [-0.2, 0) is 44.0 Å². The number of esters is 1. The monoisotopic (exact) mass is 684 g/mol. The number of nitrogens with one attached hydrogen (secondary N) is 1. The number of aromatic amines is 1. The number of rotatable bonds is 10. The van der Waals surface area contributed by atoms with Crippen molar-refractivity contribution < 1.29 is 53.2 Å². The molecule has 1 aliphatic heterocycles. The van der Waals surface area contributed by atoms with Gasteiger partial charge in [-0.2, -0.15) is 36.5 Å². The number of carbonyl (C=O) groups excluding carboxylic acids is 1. The number of benzene rings is 2. The number of alkyl halides is 6. The Bertz CT molecular complexity index is 1810. The molecule has 18 heteroatoms. The summed E-state index contributed by atoms with van der Waals surface area (Å²) in [5.74, 6) is -1.21. The number of nitrogens with zero attached hydrogens (tertiary/aromatic N) is 4. The fourth-order valence-corrected chi connectivity index (χ4v) is 4.97. The summed E-state index contributed by atoms with van der Waals surface area (Å²) in [6, 6.07) is 7.92. The summed E-state index contributed by atoms with van der Waals surface area (Å²) in [7, 11) is 0. The second kappa shape index (κ2) is 13.6. The topological polar surface area (TPSA) is 133 Å². The van der Waals surface area contributed by atoms with Crippen LogP contribution in [0.25, 0.3) is 28.7 Å². The minimum atomic E-state index is -5.16. The van der Waals surface area contributed by atoms with Gasteiger partial charge in [-0.25, -0.2) is 18.4 Å². The van der Waals surface area contributed by atoms with E-state index in [0.717, 1.165) is 6.07 Å². The Morgan fingerprint density at radius 1 is 1.00 bits per heavy atom. The lowest BCUT2D eigenvalue weighted by Gasteiger charge is -2.30. The highest BCUT2D eigenvalue weighted by Crippen LogP contribution is 2.40. The molecule has 1 N–H and O–H groups in total. The fourth-order valence-electron chi connectivity index (χ4n) is 4.72. The molecule has 0 amide bonds. The first kappa shape index (κ1) is 33.7. The minimum Gasteiger partial charge on any atom is -0.750 e. The van der Waals surface area contributed by atoms with Crippen LogP contribution in [0.2, 0.25) is 0 Å². The summed E-state index contributed by atoms with van der Waals surface area (Å²) >= 11 is -2.77. The molecule has 5 rings (SSSR count). The molecule has 0 radical (unpaired) electrons. The van der Waals surface area contributed by atoms with Crippen LogP contribution in [0, 0.1) is 5.82 Å². The number of ether oxygens (including phenoxy) is 1. The van der Waals surface area contributed by atoms with E-state index in [1.165, 1.54) is 41.4 Å². The smallest absolute Gasteiger partial charge is 0.417 e. The summed E-state index contributed by atoms with van der Waals surface area (Å²) < 4.78 is 126. The quantitative estimate of drug-likeness (QED) is 0.0927. The third kappa shape index (κ3) is 7.83. The van der Waals surface area contributed by atoms with Crippen molar-refractivity contribution in [1.82, 2.24) is 25.1 Å². The molecule has 2 aromatic heterocycles. The highest BCUT2D eigenvalue weighted by atomic mass is 32.2. The fraction of sp³-hybridized carbons (Fsp3) is 0.241. The van der Waals surface area contributed by atoms with E-state index in [9.17, 15) is 44.3 Å². The average Bonchev–Trinajstić information content (AvgIpc) is 3.44. The van der Waals surface area contributed by atoms with Gasteiger partial charge in [0.2, 0.25) is 0 Å².